The molecule has 212 valence electrons. The van der Waals surface area contributed by atoms with E-state index in [4.69, 9.17) is 33.2 Å². The topological polar surface area (TPSA) is 91.3 Å². The van der Waals surface area contributed by atoms with E-state index in [1.807, 2.05) is 0 Å². The van der Waals surface area contributed by atoms with Crippen molar-refractivity contribution in [3.05, 3.63) is 28.8 Å². The Bertz CT molecular complexity index is 711. The van der Waals surface area contributed by atoms with E-state index in [9.17, 15) is 5.11 Å². The van der Waals surface area contributed by atoms with Gasteiger partial charge < -0.3 is 38.3 Å². The number of phenolic OH excluding ortho intramolecular Hbond substituents is 1. The standard InChI is InChI=1S/C27H46N2O8/c1-24-20-25(22-28-2-6-31-10-14-35-15-11-32-7-3-28)27(30)26(21-24)23-29-4-8-33-12-16-36-18-19-37-17-13-34-9-5-29/h20-21,30H,2-19,22-23H2,1H3. The average Bonchev–Trinajstić information content (AvgIpc) is 2.88. The molecule has 0 atom stereocenters. The quantitative estimate of drug-likeness (QED) is 0.622. The molecule has 1 aromatic rings. The monoisotopic (exact) mass is 526 g/mol. The second-order valence-corrected chi connectivity index (χ2v) is 9.27. The van der Waals surface area contributed by atoms with Gasteiger partial charge >= 0.3 is 0 Å². The Kier molecular flexibility index (Phi) is 15.4. The Balaban J connectivity index is 1.61. The Labute approximate surface area is 221 Å². The molecule has 0 aromatic heterocycles. The van der Waals surface area contributed by atoms with E-state index in [1.54, 1.807) is 0 Å². The van der Waals surface area contributed by atoms with Gasteiger partial charge in [0.1, 0.15) is 5.75 Å². The fraction of sp³-hybridized carbons (Fsp3) is 0.778. The molecular formula is C27H46N2O8. The number of phenols is 1. The fourth-order valence-electron chi connectivity index (χ4n) is 4.28. The van der Waals surface area contributed by atoms with Crippen molar-refractivity contribution < 1.29 is 38.3 Å². The zero-order chi connectivity index (χ0) is 26.0. The van der Waals surface area contributed by atoms with Crippen LogP contribution in [0.25, 0.3) is 0 Å². The van der Waals surface area contributed by atoms with Crippen LogP contribution in [0.3, 0.4) is 0 Å². The normalized spacial score (nSPS) is 22.3. The summed E-state index contributed by atoms with van der Waals surface area (Å²) in [6.07, 6.45) is 0. The van der Waals surface area contributed by atoms with Crippen LogP contribution < -0.4 is 0 Å². The average molecular weight is 527 g/mol. The number of aryl methyl sites for hydroxylation is 1. The Morgan fingerprint density at radius 2 is 0.784 bits per heavy atom. The van der Waals surface area contributed by atoms with Gasteiger partial charge in [0.2, 0.25) is 0 Å². The summed E-state index contributed by atoms with van der Waals surface area (Å²) in [6, 6.07) is 4.14. The highest BCUT2D eigenvalue weighted by Gasteiger charge is 2.16. The molecule has 0 amide bonds. The molecule has 0 spiro atoms. The molecule has 0 bridgehead atoms. The van der Waals surface area contributed by atoms with Crippen LogP contribution >= 0.6 is 0 Å². The van der Waals surface area contributed by atoms with Crippen LogP contribution in [0.4, 0.5) is 0 Å². The van der Waals surface area contributed by atoms with Crippen LogP contribution in [0.2, 0.25) is 0 Å². The molecule has 0 saturated carbocycles. The van der Waals surface area contributed by atoms with Crippen LogP contribution in [-0.2, 0) is 46.2 Å². The number of aromatic hydroxyl groups is 1. The number of rotatable bonds is 4. The molecule has 2 aliphatic heterocycles. The predicted molar refractivity (Wildman–Crippen MR) is 139 cm³/mol. The van der Waals surface area contributed by atoms with Crippen molar-refractivity contribution in [2.24, 2.45) is 0 Å². The molecule has 10 nitrogen and oxygen atoms in total. The summed E-state index contributed by atoms with van der Waals surface area (Å²) in [5, 5.41) is 11.3. The SMILES string of the molecule is Cc1cc(CN2CCOCCOCCOCCOCC2)c(O)c(CN2CCOCCOCCOCC2)c1. The smallest absolute Gasteiger partial charge is 0.124 e. The second-order valence-electron chi connectivity index (χ2n) is 9.27. The Morgan fingerprint density at radius 3 is 1.08 bits per heavy atom. The van der Waals surface area contributed by atoms with Crippen molar-refractivity contribution in [1.29, 1.82) is 0 Å². The summed E-state index contributed by atoms with van der Waals surface area (Å²) in [5.74, 6) is 0.353. The van der Waals surface area contributed by atoms with Crippen molar-refractivity contribution >= 4 is 0 Å². The third kappa shape index (κ3) is 12.8. The Hall–Kier alpha value is -1.34. The van der Waals surface area contributed by atoms with E-state index in [2.05, 4.69) is 28.9 Å². The molecule has 2 aliphatic rings. The van der Waals surface area contributed by atoms with Crippen molar-refractivity contribution in [1.82, 2.24) is 9.80 Å². The van der Waals surface area contributed by atoms with Gasteiger partial charge in [-0.2, -0.15) is 0 Å². The highest BCUT2D eigenvalue weighted by molar-refractivity contribution is 5.43. The van der Waals surface area contributed by atoms with E-state index in [-0.39, 0.29) is 0 Å². The molecule has 0 radical (unpaired) electrons. The lowest BCUT2D eigenvalue weighted by Crippen LogP contribution is -2.32. The number of ether oxygens (including phenoxy) is 7. The lowest BCUT2D eigenvalue weighted by atomic mass is 10.0. The van der Waals surface area contributed by atoms with Gasteiger partial charge in [0.05, 0.1) is 92.5 Å². The van der Waals surface area contributed by atoms with Gasteiger partial charge in [-0.15, -0.1) is 0 Å². The minimum atomic E-state index is 0.353. The molecule has 0 aliphatic carbocycles. The van der Waals surface area contributed by atoms with Crippen molar-refractivity contribution in [2.45, 2.75) is 20.0 Å². The maximum Gasteiger partial charge on any atom is 0.124 e. The molecule has 2 fully saturated rings. The van der Waals surface area contributed by atoms with Crippen molar-refractivity contribution in [2.75, 3.05) is 119 Å². The van der Waals surface area contributed by atoms with E-state index < -0.39 is 0 Å². The van der Waals surface area contributed by atoms with Crippen LogP contribution in [-0.4, -0.2) is 134 Å². The second kappa shape index (κ2) is 18.8. The van der Waals surface area contributed by atoms with Gasteiger partial charge in [0.15, 0.2) is 0 Å². The molecule has 3 rings (SSSR count). The first-order chi connectivity index (χ1) is 18.2. The lowest BCUT2D eigenvalue weighted by molar-refractivity contribution is -0.00697. The van der Waals surface area contributed by atoms with Gasteiger partial charge in [-0.25, -0.2) is 0 Å². The van der Waals surface area contributed by atoms with Crippen molar-refractivity contribution in [3.8, 4) is 5.75 Å². The number of hydrogen-bond acceptors (Lipinski definition) is 10. The summed E-state index contributed by atoms with van der Waals surface area (Å²) in [5.41, 5.74) is 2.96. The summed E-state index contributed by atoms with van der Waals surface area (Å²) < 4.78 is 39.4. The van der Waals surface area contributed by atoms with Crippen LogP contribution in [0.1, 0.15) is 16.7 Å². The van der Waals surface area contributed by atoms with Gasteiger partial charge in [0.25, 0.3) is 0 Å². The van der Waals surface area contributed by atoms with E-state index in [1.165, 1.54) is 0 Å². The maximum atomic E-state index is 11.3. The Morgan fingerprint density at radius 1 is 0.514 bits per heavy atom. The highest BCUT2D eigenvalue weighted by atomic mass is 16.6. The van der Waals surface area contributed by atoms with Gasteiger partial charge in [-0.1, -0.05) is 17.7 Å². The molecule has 1 aromatic carbocycles. The summed E-state index contributed by atoms with van der Waals surface area (Å²) in [7, 11) is 0. The van der Waals surface area contributed by atoms with E-state index in [0.717, 1.165) is 42.9 Å². The first kappa shape index (κ1) is 30.2. The summed E-state index contributed by atoms with van der Waals surface area (Å²) >= 11 is 0. The summed E-state index contributed by atoms with van der Waals surface area (Å²) in [4.78, 5) is 4.54. The number of nitrogens with zero attached hydrogens (tertiary/aromatic N) is 2. The van der Waals surface area contributed by atoms with E-state index >= 15 is 0 Å². The fourth-order valence-corrected chi connectivity index (χ4v) is 4.28. The number of benzene rings is 1. The van der Waals surface area contributed by atoms with Crippen molar-refractivity contribution in [3.63, 3.8) is 0 Å². The molecule has 1 N–H and O–H groups in total. The largest absolute Gasteiger partial charge is 0.507 e. The van der Waals surface area contributed by atoms with E-state index in [0.29, 0.717) is 111 Å². The van der Waals surface area contributed by atoms with Gasteiger partial charge in [-0.05, 0) is 6.92 Å². The van der Waals surface area contributed by atoms with Gasteiger partial charge in [-0.3, -0.25) is 9.80 Å². The molecule has 0 unspecified atom stereocenters. The molecule has 37 heavy (non-hydrogen) atoms. The third-order valence-electron chi connectivity index (χ3n) is 6.27. The minimum Gasteiger partial charge on any atom is -0.507 e. The molecule has 2 heterocycles. The van der Waals surface area contributed by atoms with Crippen LogP contribution in [0.15, 0.2) is 12.1 Å². The minimum absolute atomic E-state index is 0.353. The maximum absolute atomic E-state index is 11.3. The van der Waals surface area contributed by atoms with Crippen LogP contribution in [0.5, 0.6) is 5.75 Å². The zero-order valence-electron chi connectivity index (χ0n) is 22.5. The lowest BCUT2D eigenvalue weighted by Gasteiger charge is -2.26. The predicted octanol–water partition coefficient (Wildman–Crippen LogP) is 1.45. The third-order valence-corrected chi connectivity index (χ3v) is 6.27. The molecular weight excluding hydrogens is 480 g/mol. The molecule has 2 saturated heterocycles. The van der Waals surface area contributed by atoms with Gasteiger partial charge in [0, 0.05) is 50.4 Å². The number of hydrogen-bond donors (Lipinski definition) is 1. The zero-order valence-corrected chi connectivity index (χ0v) is 22.5. The van der Waals surface area contributed by atoms with Crippen LogP contribution in [0, 0.1) is 6.92 Å². The highest BCUT2D eigenvalue weighted by Crippen LogP contribution is 2.27. The summed E-state index contributed by atoms with van der Waals surface area (Å²) in [6.45, 7) is 14.5. The molecule has 10 heteroatoms. The first-order valence-corrected chi connectivity index (χ1v) is 13.5. The first-order valence-electron chi connectivity index (χ1n) is 13.5.